The lowest BCUT2D eigenvalue weighted by Gasteiger charge is -2.27. The van der Waals surface area contributed by atoms with E-state index in [-0.39, 0.29) is 0 Å². The van der Waals surface area contributed by atoms with Gasteiger partial charge in [0.05, 0.1) is 5.56 Å². The van der Waals surface area contributed by atoms with Crippen molar-refractivity contribution in [3.8, 4) is 0 Å². The van der Waals surface area contributed by atoms with Crippen LogP contribution in [-0.2, 0) is 0 Å². The van der Waals surface area contributed by atoms with Crippen LogP contribution in [0, 0.1) is 0 Å². The smallest absolute Gasteiger partial charge is 0.335 e. The third kappa shape index (κ3) is 2.59. The number of aromatic carboxylic acids is 1. The predicted molar refractivity (Wildman–Crippen MR) is 74.8 cm³/mol. The Kier molecular flexibility index (Phi) is 3.42. The van der Waals surface area contributed by atoms with Gasteiger partial charge in [0.15, 0.2) is 0 Å². The van der Waals surface area contributed by atoms with Crippen molar-refractivity contribution in [1.82, 2.24) is 4.90 Å². The molecule has 2 fully saturated rings. The fraction of sp³-hybridized carbons (Fsp3) is 0.533. The summed E-state index contributed by atoms with van der Waals surface area (Å²) >= 11 is 0. The van der Waals surface area contributed by atoms with Crippen LogP contribution < -0.4 is 4.90 Å². The SMILES string of the molecule is O=C(O)c1cccc(N2CCCN3CCCC3C2)c1. The first-order chi connectivity index (χ1) is 9.24. The number of carboxylic acids is 1. The van der Waals surface area contributed by atoms with Crippen LogP contribution in [0.5, 0.6) is 0 Å². The lowest BCUT2D eigenvalue weighted by atomic mass is 10.1. The molecule has 1 unspecified atom stereocenters. The van der Waals surface area contributed by atoms with E-state index in [2.05, 4.69) is 9.80 Å². The minimum atomic E-state index is -0.848. The van der Waals surface area contributed by atoms with Crippen molar-refractivity contribution < 1.29 is 9.90 Å². The minimum absolute atomic E-state index is 0.380. The summed E-state index contributed by atoms with van der Waals surface area (Å²) in [7, 11) is 0. The van der Waals surface area contributed by atoms with Gasteiger partial charge in [0.2, 0.25) is 0 Å². The number of hydrogen-bond donors (Lipinski definition) is 1. The van der Waals surface area contributed by atoms with E-state index in [1.54, 1.807) is 12.1 Å². The summed E-state index contributed by atoms with van der Waals surface area (Å²) in [5, 5.41) is 9.09. The molecule has 2 aliphatic rings. The van der Waals surface area contributed by atoms with Gasteiger partial charge < -0.3 is 10.0 Å². The zero-order valence-electron chi connectivity index (χ0n) is 11.1. The number of hydrogen-bond acceptors (Lipinski definition) is 3. The van der Waals surface area contributed by atoms with Gasteiger partial charge in [0, 0.05) is 31.4 Å². The summed E-state index contributed by atoms with van der Waals surface area (Å²) in [6.07, 6.45) is 3.73. The van der Waals surface area contributed by atoms with Gasteiger partial charge in [-0.1, -0.05) is 6.07 Å². The van der Waals surface area contributed by atoms with E-state index in [4.69, 9.17) is 5.11 Å². The van der Waals surface area contributed by atoms with Gasteiger partial charge in [-0.2, -0.15) is 0 Å². The van der Waals surface area contributed by atoms with Crippen LogP contribution in [0.1, 0.15) is 29.6 Å². The van der Waals surface area contributed by atoms with Gasteiger partial charge >= 0.3 is 5.97 Å². The van der Waals surface area contributed by atoms with Crippen LogP contribution in [0.15, 0.2) is 24.3 Å². The normalized spacial score (nSPS) is 24.0. The molecule has 0 aromatic heterocycles. The molecule has 2 saturated heterocycles. The van der Waals surface area contributed by atoms with E-state index in [9.17, 15) is 4.79 Å². The third-order valence-electron chi connectivity index (χ3n) is 4.26. The monoisotopic (exact) mass is 260 g/mol. The van der Waals surface area contributed by atoms with Crippen LogP contribution >= 0.6 is 0 Å². The highest BCUT2D eigenvalue weighted by Gasteiger charge is 2.28. The molecule has 0 spiro atoms. The molecule has 0 aliphatic carbocycles. The van der Waals surface area contributed by atoms with Gasteiger partial charge in [-0.25, -0.2) is 4.79 Å². The number of nitrogens with zero attached hydrogens (tertiary/aromatic N) is 2. The number of benzene rings is 1. The van der Waals surface area contributed by atoms with E-state index >= 15 is 0 Å². The van der Waals surface area contributed by atoms with Crippen LogP contribution in [0.3, 0.4) is 0 Å². The quantitative estimate of drug-likeness (QED) is 0.884. The Hall–Kier alpha value is -1.55. The average molecular weight is 260 g/mol. The molecule has 0 bridgehead atoms. The predicted octanol–water partition coefficient (Wildman–Crippen LogP) is 2.06. The maximum atomic E-state index is 11.1. The zero-order chi connectivity index (χ0) is 13.2. The second-order valence-corrected chi connectivity index (χ2v) is 5.49. The first-order valence-electron chi connectivity index (χ1n) is 7.06. The van der Waals surface area contributed by atoms with E-state index in [1.165, 1.54) is 25.9 Å². The molecule has 2 aliphatic heterocycles. The topological polar surface area (TPSA) is 43.8 Å². The summed E-state index contributed by atoms with van der Waals surface area (Å²) < 4.78 is 0. The Bertz CT molecular complexity index is 475. The summed E-state index contributed by atoms with van der Waals surface area (Å²) in [5.41, 5.74) is 1.43. The van der Waals surface area contributed by atoms with Crippen LogP contribution in [-0.4, -0.2) is 48.2 Å². The Morgan fingerprint density at radius 2 is 2.05 bits per heavy atom. The summed E-state index contributed by atoms with van der Waals surface area (Å²) in [6, 6.07) is 7.97. The Balaban J connectivity index is 1.80. The van der Waals surface area contributed by atoms with Gasteiger partial charge in [-0.05, 0) is 44.0 Å². The van der Waals surface area contributed by atoms with Crippen LogP contribution in [0.2, 0.25) is 0 Å². The van der Waals surface area contributed by atoms with Crippen molar-refractivity contribution >= 4 is 11.7 Å². The highest BCUT2D eigenvalue weighted by molar-refractivity contribution is 5.88. The second-order valence-electron chi connectivity index (χ2n) is 5.49. The van der Waals surface area contributed by atoms with Crippen LogP contribution in [0.25, 0.3) is 0 Å². The van der Waals surface area contributed by atoms with Crippen LogP contribution in [0.4, 0.5) is 5.69 Å². The molecule has 4 nitrogen and oxygen atoms in total. The molecule has 3 rings (SSSR count). The first kappa shape index (κ1) is 12.5. The molecule has 1 aromatic rings. The van der Waals surface area contributed by atoms with Crippen molar-refractivity contribution in [1.29, 1.82) is 0 Å². The fourth-order valence-electron chi connectivity index (χ4n) is 3.28. The Labute approximate surface area is 113 Å². The molecular formula is C15H20N2O2. The molecule has 0 saturated carbocycles. The Morgan fingerprint density at radius 1 is 1.21 bits per heavy atom. The van der Waals surface area contributed by atoms with Crippen molar-refractivity contribution in [2.75, 3.05) is 31.1 Å². The number of carbonyl (C=O) groups is 1. The third-order valence-corrected chi connectivity index (χ3v) is 4.26. The van der Waals surface area contributed by atoms with Crippen molar-refractivity contribution in [2.24, 2.45) is 0 Å². The number of anilines is 1. The summed E-state index contributed by atoms with van der Waals surface area (Å²) in [5.74, 6) is -0.848. The first-order valence-corrected chi connectivity index (χ1v) is 7.06. The number of rotatable bonds is 2. The molecule has 1 N–H and O–H groups in total. The van der Waals surface area contributed by atoms with Crippen molar-refractivity contribution in [3.05, 3.63) is 29.8 Å². The fourth-order valence-corrected chi connectivity index (χ4v) is 3.28. The molecule has 4 heteroatoms. The maximum absolute atomic E-state index is 11.1. The molecule has 1 atom stereocenters. The molecule has 19 heavy (non-hydrogen) atoms. The number of carboxylic acid groups (broad SMARTS) is 1. The highest BCUT2D eigenvalue weighted by Crippen LogP contribution is 2.25. The van der Waals surface area contributed by atoms with Gasteiger partial charge in [-0.3, -0.25) is 4.90 Å². The van der Waals surface area contributed by atoms with E-state index < -0.39 is 5.97 Å². The lowest BCUT2D eigenvalue weighted by Crippen LogP contribution is -2.36. The average Bonchev–Trinajstić information content (AvgIpc) is 2.76. The summed E-state index contributed by atoms with van der Waals surface area (Å²) in [6.45, 7) is 4.46. The Morgan fingerprint density at radius 3 is 2.89 bits per heavy atom. The maximum Gasteiger partial charge on any atom is 0.335 e. The molecular weight excluding hydrogens is 240 g/mol. The van der Waals surface area contributed by atoms with Gasteiger partial charge in [-0.15, -0.1) is 0 Å². The lowest BCUT2D eigenvalue weighted by molar-refractivity contribution is 0.0697. The summed E-state index contributed by atoms with van der Waals surface area (Å²) in [4.78, 5) is 16.0. The second kappa shape index (κ2) is 5.21. The van der Waals surface area contributed by atoms with Gasteiger partial charge in [0.1, 0.15) is 0 Å². The molecule has 0 amide bonds. The van der Waals surface area contributed by atoms with E-state index in [1.807, 2.05) is 12.1 Å². The van der Waals surface area contributed by atoms with E-state index in [0.29, 0.717) is 11.6 Å². The standard InChI is InChI=1S/C15H20N2O2/c18-15(19)12-4-1-5-13(10-12)17-9-3-8-16-7-2-6-14(16)11-17/h1,4-5,10,14H,2-3,6-9,11H2,(H,18,19). The highest BCUT2D eigenvalue weighted by atomic mass is 16.4. The van der Waals surface area contributed by atoms with E-state index in [0.717, 1.165) is 25.2 Å². The molecule has 1 aromatic carbocycles. The van der Waals surface area contributed by atoms with Crippen molar-refractivity contribution in [3.63, 3.8) is 0 Å². The number of fused-ring (bicyclic) bond motifs is 1. The van der Waals surface area contributed by atoms with Crippen molar-refractivity contribution in [2.45, 2.75) is 25.3 Å². The molecule has 102 valence electrons. The zero-order valence-corrected chi connectivity index (χ0v) is 11.1. The minimum Gasteiger partial charge on any atom is -0.478 e. The largest absolute Gasteiger partial charge is 0.478 e. The molecule has 2 heterocycles. The molecule has 0 radical (unpaired) electrons. The van der Waals surface area contributed by atoms with Gasteiger partial charge in [0.25, 0.3) is 0 Å².